The van der Waals surface area contributed by atoms with Gasteiger partial charge in [0.25, 0.3) is 0 Å². The van der Waals surface area contributed by atoms with Gasteiger partial charge in [0.1, 0.15) is 5.75 Å². The first-order valence-electron chi connectivity index (χ1n) is 5.89. The van der Waals surface area contributed by atoms with E-state index in [1.165, 1.54) is 5.56 Å². The second kappa shape index (κ2) is 6.00. The van der Waals surface area contributed by atoms with Crippen LogP contribution in [0.5, 0.6) is 5.75 Å². The molecule has 4 nitrogen and oxygen atoms in total. The Morgan fingerprint density at radius 3 is 2.94 bits per heavy atom. The Labute approximate surface area is 107 Å². The highest BCUT2D eigenvalue weighted by molar-refractivity contribution is 5.76. The Bertz CT molecular complexity index is 531. The van der Waals surface area contributed by atoms with Crippen molar-refractivity contribution in [3.05, 3.63) is 48.0 Å². The fraction of sp³-hybridized carbons (Fsp3) is 0.286. The lowest BCUT2D eigenvalue weighted by molar-refractivity contribution is 0.410. The normalized spacial score (nSPS) is 11.0. The van der Waals surface area contributed by atoms with Crippen LogP contribution >= 0.6 is 0 Å². The first-order chi connectivity index (χ1) is 8.79. The number of aliphatic imine (C=N–C) groups is 1. The zero-order valence-corrected chi connectivity index (χ0v) is 10.7. The number of benzene rings is 1. The first-order valence-corrected chi connectivity index (χ1v) is 5.89. The van der Waals surface area contributed by atoms with Crippen LogP contribution in [0.1, 0.15) is 11.3 Å². The van der Waals surface area contributed by atoms with Crippen LogP contribution in [0.2, 0.25) is 0 Å². The largest absolute Gasteiger partial charge is 0.496 e. The van der Waals surface area contributed by atoms with Crippen molar-refractivity contribution in [3.8, 4) is 5.75 Å². The van der Waals surface area contributed by atoms with Gasteiger partial charge in [-0.1, -0.05) is 18.2 Å². The lowest BCUT2D eigenvalue weighted by atomic mass is 10.1. The molecule has 0 amide bonds. The van der Waals surface area contributed by atoms with E-state index in [0.29, 0.717) is 0 Å². The number of hydrogen-bond donors (Lipinski definition) is 0. The van der Waals surface area contributed by atoms with Crippen LogP contribution in [0.15, 0.2) is 41.8 Å². The zero-order valence-electron chi connectivity index (χ0n) is 10.7. The third-order valence-corrected chi connectivity index (χ3v) is 2.65. The topological polar surface area (TPSA) is 39.4 Å². The van der Waals surface area contributed by atoms with Gasteiger partial charge in [0.2, 0.25) is 0 Å². The van der Waals surface area contributed by atoms with Crippen molar-refractivity contribution in [1.82, 2.24) is 9.55 Å². The molecule has 0 aliphatic heterocycles. The molecule has 2 rings (SSSR count). The summed E-state index contributed by atoms with van der Waals surface area (Å²) < 4.78 is 7.20. The Morgan fingerprint density at radius 1 is 1.39 bits per heavy atom. The van der Waals surface area contributed by atoms with Crippen LogP contribution in [0, 0.1) is 0 Å². The summed E-state index contributed by atoms with van der Waals surface area (Å²) in [6.07, 6.45) is 6.37. The molecule has 0 fully saturated rings. The van der Waals surface area contributed by atoms with Crippen LogP contribution in [0.4, 0.5) is 0 Å². The van der Waals surface area contributed by atoms with Crippen LogP contribution in [0.3, 0.4) is 0 Å². The molecule has 0 spiro atoms. The molecule has 18 heavy (non-hydrogen) atoms. The quantitative estimate of drug-likeness (QED) is 0.754. The minimum atomic E-state index is 0.733. The second-order valence-corrected chi connectivity index (χ2v) is 4.06. The maximum absolute atomic E-state index is 5.30. The monoisotopic (exact) mass is 243 g/mol. The molecule has 0 saturated carbocycles. The van der Waals surface area contributed by atoms with E-state index in [9.17, 15) is 0 Å². The number of aryl methyl sites for hydroxylation is 1. The molecule has 0 atom stereocenters. The molecular weight excluding hydrogens is 226 g/mol. The number of para-hydroxylation sites is 1. The van der Waals surface area contributed by atoms with Crippen LogP contribution < -0.4 is 4.74 Å². The van der Waals surface area contributed by atoms with Crippen molar-refractivity contribution < 1.29 is 4.74 Å². The van der Waals surface area contributed by atoms with Crippen molar-refractivity contribution in [2.75, 3.05) is 13.7 Å². The third-order valence-electron chi connectivity index (χ3n) is 2.65. The number of methoxy groups -OCH3 is 1. The molecule has 0 radical (unpaired) electrons. The highest BCUT2D eigenvalue weighted by Crippen LogP contribution is 2.17. The van der Waals surface area contributed by atoms with Gasteiger partial charge in [0.05, 0.1) is 19.1 Å². The number of rotatable bonds is 5. The van der Waals surface area contributed by atoms with E-state index in [1.807, 2.05) is 36.0 Å². The molecule has 0 N–H and O–H groups in total. The minimum Gasteiger partial charge on any atom is -0.496 e. The van der Waals surface area contributed by atoms with Gasteiger partial charge in [0, 0.05) is 26.0 Å². The summed E-state index contributed by atoms with van der Waals surface area (Å²) in [6.45, 7) is 0.733. The molecule has 4 heteroatoms. The minimum absolute atomic E-state index is 0.733. The Morgan fingerprint density at radius 2 is 2.22 bits per heavy atom. The second-order valence-electron chi connectivity index (χ2n) is 4.06. The summed E-state index contributed by atoms with van der Waals surface area (Å²) in [5.41, 5.74) is 2.07. The van der Waals surface area contributed by atoms with E-state index in [2.05, 4.69) is 16.0 Å². The maximum atomic E-state index is 5.30. The number of ether oxygens (including phenoxy) is 1. The summed E-state index contributed by atoms with van der Waals surface area (Å²) in [5, 5.41) is 0. The van der Waals surface area contributed by atoms with Gasteiger partial charge in [-0.05, 0) is 18.1 Å². The average Bonchev–Trinajstić information content (AvgIpc) is 2.81. The molecule has 94 valence electrons. The Balaban J connectivity index is 1.90. The van der Waals surface area contributed by atoms with Gasteiger partial charge >= 0.3 is 0 Å². The predicted molar refractivity (Wildman–Crippen MR) is 72.4 cm³/mol. The molecule has 0 aliphatic rings. The zero-order chi connectivity index (χ0) is 12.8. The summed E-state index contributed by atoms with van der Waals surface area (Å²) in [5.74, 6) is 0.922. The summed E-state index contributed by atoms with van der Waals surface area (Å²) in [7, 11) is 3.63. The van der Waals surface area contributed by atoms with E-state index < -0.39 is 0 Å². The van der Waals surface area contributed by atoms with Crippen LogP contribution in [0.25, 0.3) is 0 Å². The lowest BCUT2D eigenvalue weighted by Gasteiger charge is -2.05. The molecule has 0 unspecified atom stereocenters. The molecule has 1 aromatic heterocycles. The van der Waals surface area contributed by atoms with Crippen molar-refractivity contribution in [2.45, 2.75) is 6.42 Å². The molecule has 1 aromatic carbocycles. The number of nitrogens with zero attached hydrogens (tertiary/aromatic N) is 3. The van der Waals surface area contributed by atoms with Crippen LogP contribution in [-0.2, 0) is 13.5 Å². The first kappa shape index (κ1) is 12.4. The van der Waals surface area contributed by atoms with E-state index >= 15 is 0 Å². The van der Waals surface area contributed by atoms with Crippen molar-refractivity contribution >= 4 is 6.21 Å². The molecule has 0 saturated heterocycles. The maximum Gasteiger partial charge on any atom is 0.122 e. The van der Waals surface area contributed by atoms with Gasteiger partial charge in [-0.25, -0.2) is 4.98 Å². The average molecular weight is 243 g/mol. The lowest BCUT2D eigenvalue weighted by Crippen LogP contribution is -1.95. The van der Waals surface area contributed by atoms with Crippen molar-refractivity contribution in [1.29, 1.82) is 0 Å². The summed E-state index contributed by atoms with van der Waals surface area (Å²) in [4.78, 5) is 8.55. The van der Waals surface area contributed by atoms with Gasteiger partial charge in [0.15, 0.2) is 0 Å². The van der Waals surface area contributed by atoms with Gasteiger partial charge < -0.3 is 9.30 Å². The number of imidazole rings is 1. The SMILES string of the molecule is COc1ccccc1CCN=Cc1cn(C)cn1. The molecule has 1 heterocycles. The standard InChI is InChI=1S/C14H17N3O/c1-17-10-13(16-11-17)9-15-8-7-12-5-3-4-6-14(12)18-2/h3-6,9-11H,7-8H2,1-2H3. The van der Waals surface area contributed by atoms with Crippen molar-refractivity contribution in [2.24, 2.45) is 12.0 Å². The fourth-order valence-electron chi connectivity index (χ4n) is 1.75. The van der Waals surface area contributed by atoms with E-state index in [4.69, 9.17) is 4.74 Å². The van der Waals surface area contributed by atoms with Gasteiger partial charge in [-0.2, -0.15) is 0 Å². The van der Waals surface area contributed by atoms with E-state index in [0.717, 1.165) is 24.4 Å². The van der Waals surface area contributed by atoms with Crippen molar-refractivity contribution in [3.63, 3.8) is 0 Å². The van der Waals surface area contributed by atoms with E-state index in [-0.39, 0.29) is 0 Å². The smallest absolute Gasteiger partial charge is 0.122 e. The predicted octanol–water partition coefficient (Wildman–Crippen LogP) is 2.09. The molecule has 2 aromatic rings. The van der Waals surface area contributed by atoms with E-state index in [1.54, 1.807) is 19.7 Å². The number of hydrogen-bond acceptors (Lipinski definition) is 3. The molecule has 0 bridgehead atoms. The Kier molecular flexibility index (Phi) is 4.12. The summed E-state index contributed by atoms with van der Waals surface area (Å²) in [6, 6.07) is 8.02. The molecule has 0 aliphatic carbocycles. The third kappa shape index (κ3) is 3.20. The van der Waals surface area contributed by atoms with Crippen LogP contribution in [-0.4, -0.2) is 29.4 Å². The highest BCUT2D eigenvalue weighted by atomic mass is 16.5. The fourth-order valence-corrected chi connectivity index (χ4v) is 1.75. The highest BCUT2D eigenvalue weighted by Gasteiger charge is 1.99. The summed E-state index contributed by atoms with van der Waals surface area (Å²) >= 11 is 0. The van der Waals surface area contributed by atoms with Gasteiger partial charge in [-0.3, -0.25) is 4.99 Å². The molecular formula is C14H17N3O. The Hall–Kier alpha value is -2.10. The number of aromatic nitrogens is 2. The van der Waals surface area contributed by atoms with Gasteiger partial charge in [-0.15, -0.1) is 0 Å².